The minimum Gasteiger partial charge on any atom is -0.352 e. The summed E-state index contributed by atoms with van der Waals surface area (Å²) in [5.41, 5.74) is 6.23. The molecule has 6 nitrogen and oxygen atoms in total. The van der Waals surface area contributed by atoms with Gasteiger partial charge in [-0.1, -0.05) is 24.3 Å². The van der Waals surface area contributed by atoms with Crippen LogP contribution in [0.5, 0.6) is 0 Å². The Hall–Kier alpha value is -3.64. The first-order valence-electron chi connectivity index (χ1n) is 11.2. The molecule has 0 atom stereocenters. The number of aromatic nitrogens is 3. The zero-order chi connectivity index (χ0) is 21.9. The van der Waals surface area contributed by atoms with E-state index < -0.39 is 0 Å². The molecule has 0 aliphatic carbocycles. The first-order valence-corrected chi connectivity index (χ1v) is 11.2. The summed E-state index contributed by atoms with van der Waals surface area (Å²) in [6.45, 7) is 5.44. The lowest BCUT2D eigenvalue weighted by atomic mass is 10.1. The number of benzene rings is 3. The summed E-state index contributed by atoms with van der Waals surface area (Å²) in [5.74, 6) is -0.0562. The predicted molar refractivity (Wildman–Crippen MR) is 130 cm³/mol. The van der Waals surface area contributed by atoms with Crippen molar-refractivity contribution in [1.82, 2.24) is 25.2 Å². The Bertz CT molecular complexity index is 1400. The van der Waals surface area contributed by atoms with E-state index in [0.717, 1.165) is 37.1 Å². The van der Waals surface area contributed by atoms with E-state index in [9.17, 15) is 4.79 Å². The zero-order valence-corrected chi connectivity index (χ0v) is 18.2. The third-order valence-electron chi connectivity index (χ3n) is 5.98. The molecule has 0 radical (unpaired) electrons. The minimum absolute atomic E-state index is 0.0562. The molecule has 6 heteroatoms. The lowest BCUT2D eigenvalue weighted by Gasteiger charge is -2.08. The number of para-hydroxylation sites is 1. The summed E-state index contributed by atoms with van der Waals surface area (Å²) in [6, 6.07) is 20.8. The third-order valence-corrected chi connectivity index (χ3v) is 5.98. The molecule has 162 valence electrons. The van der Waals surface area contributed by atoms with Gasteiger partial charge in [0.1, 0.15) is 0 Å². The maximum absolute atomic E-state index is 12.4. The summed E-state index contributed by atoms with van der Waals surface area (Å²) < 4.78 is 2.37. The Kier molecular flexibility index (Phi) is 5.60. The zero-order valence-electron chi connectivity index (χ0n) is 18.2. The van der Waals surface area contributed by atoms with Crippen LogP contribution in [0.1, 0.15) is 29.3 Å². The van der Waals surface area contributed by atoms with E-state index in [1.165, 1.54) is 27.4 Å². The van der Waals surface area contributed by atoms with Gasteiger partial charge in [-0.3, -0.25) is 4.79 Å². The number of carbonyl (C=O) groups excluding carboxylic acids is 1. The second kappa shape index (κ2) is 8.85. The smallest absolute Gasteiger partial charge is 0.251 e. The number of nitrogens with zero attached hydrogens (tertiary/aromatic N) is 2. The van der Waals surface area contributed by atoms with Crippen LogP contribution < -0.4 is 10.6 Å². The number of amides is 1. The highest BCUT2D eigenvalue weighted by molar-refractivity contribution is 6.08. The van der Waals surface area contributed by atoms with Crippen molar-refractivity contribution in [2.45, 2.75) is 26.4 Å². The number of imidazole rings is 1. The van der Waals surface area contributed by atoms with Gasteiger partial charge in [-0.25, -0.2) is 4.98 Å². The molecule has 2 heterocycles. The molecular formula is C26H27N5O. The highest BCUT2D eigenvalue weighted by Crippen LogP contribution is 2.29. The molecule has 0 spiro atoms. The normalized spacial score (nSPS) is 11.5. The number of H-pyrrole nitrogens is 1. The lowest BCUT2D eigenvalue weighted by molar-refractivity contribution is 0.0953. The van der Waals surface area contributed by atoms with Gasteiger partial charge in [0.05, 0.1) is 17.4 Å². The lowest BCUT2D eigenvalue weighted by Crippen LogP contribution is -2.27. The van der Waals surface area contributed by atoms with Crippen LogP contribution in [0, 0.1) is 0 Å². The van der Waals surface area contributed by atoms with E-state index in [2.05, 4.69) is 74.6 Å². The highest BCUT2D eigenvalue weighted by Gasteiger charge is 2.10. The van der Waals surface area contributed by atoms with E-state index in [1.807, 2.05) is 18.2 Å². The molecule has 0 saturated heterocycles. The van der Waals surface area contributed by atoms with Crippen molar-refractivity contribution in [3.05, 3.63) is 78.1 Å². The van der Waals surface area contributed by atoms with Crippen molar-refractivity contribution >= 4 is 38.7 Å². The van der Waals surface area contributed by atoms with Gasteiger partial charge in [-0.2, -0.15) is 0 Å². The molecule has 1 amide bonds. The molecule has 0 aliphatic rings. The first-order chi connectivity index (χ1) is 15.7. The molecule has 32 heavy (non-hydrogen) atoms. The van der Waals surface area contributed by atoms with Crippen LogP contribution in [0.4, 0.5) is 0 Å². The van der Waals surface area contributed by atoms with Crippen molar-refractivity contribution in [1.29, 1.82) is 0 Å². The van der Waals surface area contributed by atoms with Crippen LogP contribution in [0.15, 0.2) is 67.0 Å². The Morgan fingerprint density at radius 2 is 1.88 bits per heavy atom. The molecular weight excluding hydrogens is 398 g/mol. The monoisotopic (exact) mass is 425 g/mol. The van der Waals surface area contributed by atoms with Gasteiger partial charge < -0.3 is 20.2 Å². The maximum Gasteiger partial charge on any atom is 0.251 e. The van der Waals surface area contributed by atoms with E-state index in [1.54, 1.807) is 6.33 Å². The first kappa shape index (κ1) is 20.3. The molecule has 0 aliphatic heterocycles. The summed E-state index contributed by atoms with van der Waals surface area (Å²) in [7, 11) is 0. The van der Waals surface area contributed by atoms with Crippen LogP contribution >= 0.6 is 0 Å². The number of aromatic amines is 1. The summed E-state index contributed by atoms with van der Waals surface area (Å²) in [4.78, 5) is 19.6. The Balaban J connectivity index is 1.14. The predicted octanol–water partition coefficient (Wildman–Crippen LogP) is 4.60. The Morgan fingerprint density at radius 1 is 1.00 bits per heavy atom. The van der Waals surface area contributed by atoms with Crippen molar-refractivity contribution in [2.24, 2.45) is 0 Å². The standard InChI is InChI=1S/C26H27N5O/c1-2-31-24-7-4-3-6-20(24)21-14-18(8-11-25(21)31)16-27-12-5-13-28-26(32)19-9-10-22-23(15-19)30-17-29-22/h3-4,6-11,14-15,17,27H,2,5,12-13,16H2,1H3,(H,28,32)(H,29,30). The van der Waals surface area contributed by atoms with E-state index in [-0.39, 0.29) is 5.91 Å². The molecule has 5 aromatic rings. The van der Waals surface area contributed by atoms with Crippen LogP contribution in [0.25, 0.3) is 32.8 Å². The SMILES string of the molecule is CCn1c2ccccc2c2cc(CNCCCNC(=O)c3ccc4nc[nH]c4c3)ccc21. The van der Waals surface area contributed by atoms with Crippen LogP contribution in [0.2, 0.25) is 0 Å². The topological polar surface area (TPSA) is 74.7 Å². The van der Waals surface area contributed by atoms with Crippen molar-refractivity contribution in [3.63, 3.8) is 0 Å². The second-order valence-corrected chi connectivity index (χ2v) is 8.03. The van der Waals surface area contributed by atoms with E-state index in [0.29, 0.717) is 12.1 Å². The number of nitrogens with one attached hydrogen (secondary N) is 3. The molecule has 0 fully saturated rings. The fourth-order valence-electron chi connectivity index (χ4n) is 4.38. The minimum atomic E-state index is -0.0562. The fraction of sp³-hybridized carbons (Fsp3) is 0.231. The van der Waals surface area contributed by atoms with Crippen LogP contribution in [-0.4, -0.2) is 33.5 Å². The van der Waals surface area contributed by atoms with Gasteiger partial charge in [-0.05, 0) is 61.9 Å². The van der Waals surface area contributed by atoms with Crippen molar-refractivity contribution in [2.75, 3.05) is 13.1 Å². The van der Waals surface area contributed by atoms with Gasteiger partial charge in [0.15, 0.2) is 0 Å². The molecule has 0 unspecified atom stereocenters. The summed E-state index contributed by atoms with van der Waals surface area (Å²) >= 11 is 0. The number of rotatable bonds is 8. The Labute approximate surface area is 186 Å². The number of carbonyl (C=O) groups is 1. The van der Waals surface area contributed by atoms with Crippen molar-refractivity contribution in [3.8, 4) is 0 Å². The highest BCUT2D eigenvalue weighted by atomic mass is 16.1. The average Bonchev–Trinajstić information content (AvgIpc) is 3.42. The number of aryl methyl sites for hydroxylation is 1. The largest absolute Gasteiger partial charge is 0.352 e. The number of hydrogen-bond acceptors (Lipinski definition) is 3. The van der Waals surface area contributed by atoms with Gasteiger partial charge in [0, 0.05) is 47.0 Å². The fourth-order valence-corrected chi connectivity index (χ4v) is 4.38. The van der Waals surface area contributed by atoms with Gasteiger partial charge >= 0.3 is 0 Å². The average molecular weight is 426 g/mol. The third kappa shape index (κ3) is 3.85. The maximum atomic E-state index is 12.4. The summed E-state index contributed by atoms with van der Waals surface area (Å²) in [6.07, 6.45) is 2.51. The number of hydrogen-bond donors (Lipinski definition) is 3. The quantitative estimate of drug-likeness (QED) is 0.318. The molecule has 3 aromatic carbocycles. The molecule has 3 N–H and O–H groups in total. The van der Waals surface area contributed by atoms with Crippen molar-refractivity contribution < 1.29 is 4.79 Å². The molecule has 0 bridgehead atoms. The van der Waals surface area contributed by atoms with Crippen LogP contribution in [-0.2, 0) is 13.1 Å². The van der Waals surface area contributed by atoms with Gasteiger partial charge in [-0.15, -0.1) is 0 Å². The van der Waals surface area contributed by atoms with E-state index >= 15 is 0 Å². The Morgan fingerprint density at radius 3 is 2.78 bits per heavy atom. The molecule has 5 rings (SSSR count). The van der Waals surface area contributed by atoms with Gasteiger partial charge in [0.2, 0.25) is 0 Å². The van der Waals surface area contributed by atoms with Crippen LogP contribution in [0.3, 0.4) is 0 Å². The molecule has 0 saturated carbocycles. The summed E-state index contributed by atoms with van der Waals surface area (Å²) in [5, 5.41) is 9.11. The van der Waals surface area contributed by atoms with E-state index in [4.69, 9.17) is 0 Å². The number of fused-ring (bicyclic) bond motifs is 4. The van der Waals surface area contributed by atoms with Gasteiger partial charge in [0.25, 0.3) is 5.91 Å². The molecule has 2 aromatic heterocycles. The second-order valence-electron chi connectivity index (χ2n) is 8.03.